The Morgan fingerprint density at radius 3 is 2.35 bits per heavy atom. The molecule has 11 heteroatoms. The van der Waals surface area contributed by atoms with Gasteiger partial charge in [-0.1, -0.05) is 11.6 Å². The molecule has 0 radical (unpaired) electrons. The minimum Gasteiger partial charge on any atom is -1.00 e. The van der Waals surface area contributed by atoms with Crippen molar-refractivity contribution in [3.8, 4) is 0 Å². The number of hydrogen-bond acceptors (Lipinski definition) is 3. The van der Waals surface area contributed by atoms with Gasteiger partial charge in [-0.3, -0.25) is 4.55 Å². The van der Waals surface area contributed by atoms with E-state index in [1.165, 1.54) is 4.72 Å². The van der Waals surface area contributed by atoms with E-state index in [4.69, 9.17) is 16.2 Å². The minimum atomic E-state index is -4.63. The van der Waals surface area contributed by atoms with E-state index >= 15 is 0 Å². The molecule has 0 aliphatic rings. The molecule has 0 fully saturated rings. The summed E-state index contributed by atoms with van der Waals surface area (Å²) >= 11 is 5.34. The number of rotatable bonds is 2. The summed E-state index contributed by atoms with van der Waals surface area (Å²) in [6.07, 6.45) is -4.24. The fourth-order valence-corrected chi connectivity index (χ4v) is 1.47. The quantitative estimate of drug-likeness (QED) is 0.547. The van der Waals surface area contributed by atoms with Gasteiger partial charge in [0.15, 0.2) is 5.82 Å². The monoisotopic (exact) mass is 300 g/mol. The van der Waals surface area contributed by atoms with Gasteiger partial charge in [0.05, 0.1) is 10.6 Å². The molecule has 0 unspecified atom stereocenters. The van der Waals surface area contributed by atoms with Crippen LogP contribution < -0.4 is 34.3 Å². The first-order valence-corrected chi connectivity index (χ1v) is 5.39. The summed E-state index contributed by atoms with van der Waals surface area (Å²) in [5, 5.41) is -0.576. The summed E-state index contributed by atoms with van der Waals surface area (Å²) in [4.78, 5) is 3.13. The predicted molar refractivity (Wildman–Crippen MR) is 50.5 cm³/mol. The molecule has 1 rings (SSSR count). The fourth-order valence-electron chi connectivity index (χ4n) is 0.790. The van der Waals surface area contributed by atoms with E-state index in [1.807, 2.05) is 0 Å². The minimum absolute atomic E-state index is 0. The number of nitrogens with zero attached hydrogens (tertiary/aromatic N) is 1. The molecule has 0 aliphatic carbocycles. The number of anilines is 1. The van der Waals surface area contributed by atoms with Crippen LogP contribution in [0.4, 0.5) is 19.0 Å². The summed E-state index contributed by atoms with van der Waals surface area (Å²) in [5.41, 5.74) is -1.13. The maximum absolute atomic E-state index is 12.2. The van der Waals surface area contributed by atoms with Crippen molar-refractivity contribution in [2.45, 2.75) is 6.18 Å². The first-order chi connectivity index (χ1) is 7.09. The Morgan fingerprint density at radius 2 is 2.00 bits per heavy atom. The van der Waals surface area contributed by atoms with Crippen molar-refractivity contribution in [1.82, 2.24) is 4.98 Å². The molecular formula is C6H5ClF3N2NaO3S. The molecule has 0 atom stereocenters. The van der Waals surface area contributed by atoms with Gasteiger partial charge < -0.3 is 1.43 Å². The van der Waals surface area contributed by atoms with Crippen molar-refractivity contribution in [2.75, 3.05) is 4.72 Å². The Morgan fingerprint density at radius 1 is 1.47 bits per heavy atom. The molecule has 92 valence electrons. The van der Waals surface area contributed by atoms with E-state index in [-0.39, 0.29) is 31.0 Å². The summed E-state index contributed by atoms with van der Waals surface area (Å²) in [6, 6.07) is 0.488. The van der Waals surface area contributed by atoms with Crippen LogP contribution >= 0.6 is 11.6 Å². The number of halogens is 4. The fraction of sp³-hybridized carbons (Fsp3) is 0.167. The van der Waals surface area contributed by atoms with Gasteiger partial charge in [-0.25, -0.2) is 9.71 Å². The Kier molecular flexibility index (Phi) is 5.70. The molecule has 0 spiro atoms. The van der Waals surface area contributed by atoms with Crippen molar-refractivity contribution in [1.29, 1.82) is 0 Å². The SMILES string of the molecule is O=S(=O)(O)Nc1ncc(C(F)(F)F)cc1Cl.[H-].[Na+]. The third-order valence-electron chi connectivity index (χ3n) is 1.39. The second-order valence-electron chi connectivity index (χ2n) is 2.63. The summed E-state index contributed by atoms with van der Waals surface area (Å²) < 4.78 is 67.0. The van der Waals surface area contributed by atoms with E-state index in [2.05, 4.69) is 4.98 Å². The first-order valence-electron chi connectivity index (χ1n) is 3.57. The van der Waals surface area contributed by atoms with Crippen molar-refractivity contribution in [3.63, 3.8) is 0 Å². The van der Waals surface area contributed by atoms with Crippen molar-refractivity contribution >= 4 is 27.7 Å². The molecular weight excluding hydrogens is 296 g/mol. The third kappa shape index (κ3) is 5.40. The molecule has 17 heavy (non-hydrogen) atoms. The smallest absolute Gasteiger partial charge is 1.00 e. The normalized spacial score (nSPS) is 11.8. The second kappa shape index (κ2) is 5.72. The van der Waals surface area contributed by atoms with Crippen molar-refractivity contribution in [3.05, 3.63) is 22.8 Å². The number of nitrogens with one attached hydrogen (secondary N) is 1. The Hall–Kier alpha value is -0.0600. The zero-order chi connectivity index (χ0) is 12.6. The average Bonchev–Trinajstić information content (AvgIpc) is 2.04. The van der Waals surface area contributed by atoms with Crippen LogP contribution in [0.3, 0.4) is 0 Å². The Bertz CT molecular complexity index is 513. The standard InChI is InChI=1S/C6H4ClF3N2O3S.Na.H/c7-4-1-3(6(8,9)10)2-11-5(4)12-16(13,14)15;;/h1-2H,(H,11,12)(H,13,14,15);;/q;+1;-1. The average molecular weight is 301 g/mol. The first kappa shape index (κ1) is 16.9. The molecule has 0 aliphatic heterocycles. The van der Waals surface area contributed by atoms with Crippen LogP contribution in [0.2, 0.25) is 5.02 Å². The van der Waals surface area contributed by atoms with Gasteiger partial charge in [-0.2, -0.15) is 21.6 Å². The van der Waals surface area contributed by atoms with Crippen LogP contribution in [0.25, 0.3) is 0 Å². The van der Waals surface area contributed by atoms with E-state index < -0.39 is 32.9 Å². The number of aromatic nitrogens is 1. The summed E-state index contributed by atoms with van der Waals surface area (Å²) in [6.45, 7) is 0. The van der Waals surface area contributed by atoms with Gasteiger partial charge in [-0.15, -0.1) is 0 Å². The third-order valence-corrected chi connectivity index (χ3v) is 2.13. The number of alkyl halides is 3. The molecule has 0 aromatic carbocycles. The molecule has 1 heterocycles. The van der Waals surface area contributed by atoms with E-state index in [9.17, 15) is 21.6 Å². The van der Waals surface area contributed by atoms with Crippen LogP contribution in [-0.2, 0) is 16.5 Å². The second-order valence-corrected chi connectivity index (χ2v) is 4.19. The Labute approximate surface area is 123 Å². The maximum atomic E-state index is 12.2. The summed E-state index contributed by atoms with van der Waals surface area (Å²) in [7, 11) is -4.63. The van der Waals surface area contributed by atoms with Gasteiger partial charge in [0.1, 0.15) is 0 Å². The topological polar surface area (TPSA) is 79.3 Å². The largest absolute Gasteiger partial charge is 1.00 e. The maximum Gasteiger partial charge on any atom is 1.00 e. The van der Waals surface area contributed by atoms with E-state index in [1.54, 1.807) is 0 Å². The Balaban J connectivity index is 0. The van der Waals surface area contributed by atoms with Crippen molar-refractivity contribution in [2.24, 2.45) is 0 Å². The number of hydrogen-bond donors (Lipinski definition) is 2. The molecule has 2 N–H and O–H groups in total. The van der Waals surface area contributed by atoms with Crippen molar-refractivity contribution < 1.29 is 57.1 Å². The van der Waals surface area contributed by atoms with Gasteiger partial charge in [-0.05, 0) is 6.07 Å². The van der Waals surface area contributed by atoms with Crippen LogP contribution in [0.15, 0.2) is 12.3 Å². The molecule has 1 aromatic heterocycles. The van der Waals surface area contributed by atoms with Gasteiger partial charge in [0, 0.05) is 6.20 Å². The van der Waals surface area contributed by atoms with Gasteiger partial charge in [0.25, 0.3) is 0 Å². The summed E-state index contributed by atoms with van der Waals surface area (Å²) in [5.74, 6) is -0.586. The zero-order valence-electron chi connectivity index (χ0n) is 9.29. The van der Waals surface area contributed by atoms with E-state index in [0.717, 1.165) is 0 Å². The van der Waals surface area contributed by atoms with Gasteiger partial charge in [0.2, 0.25) is 0 Å². The molecule has 0 saturated carbocycles. The molecule has 0 bridgehead atoms. The van der Waals surface area contributed by atoms with Crippen LogP contribution in [-0.4, -0.2) is 18.0 Å². The molecule has 0 saturated heterocycles. The van der Waals surface area contributed by atoms with E-state index in [0.29, 0.717) is 12.3 Å². The number of pyridine rings is 1. The molecule has 0 amide bonds. The van der Waals surface area contributed by atoms with Gasteiger partial charge >= 0.3 is 46.0 Å². The predicted octanol–water partition coefficient (Wildman–Crippen LogP) is -0.915. The zero-order valence-corrected chi connectivity index (χ0v) is 11.9. The van der Waals surface area contributed by atoms with Crippen LogP contribution in [0.5, 0.6) is 0 Å². The molecule has 5 nitrogen and oxygen atoms in total. The molecule has 1 aromatic rings. The van der Waals surface area contributed by atoms with Crippen LogP contribution in [0, 0.1) is 0 Å². The van der Waals surface area contributed by atoms with Crippen LogP contribution in [0.1, 0.15) is 6.99 Å².